The van der Waals surface area contributed by atoms with Crippen LogP contribution in [0, 0.1) is 5.41 Å². The summed E-state index contributed by atoms with van der Waals surface area (Å²) < 4.78 is 10.7. The predicted molar refractivity (Wildman–Crippen MR) is 111 cm³/mol. The van der Waals surface area contributed by atoms with Gasteiger partial charge in [-0.25, -0.2) is 0 Å². The molecule has 5 heteroatoms. The Hall–Kier alpha value is -2.53. The van der Waals surface area contributed by atoms with Crippen LogP contribution in [0.25, 0.3) is 0 Å². The van der Waals surface area contributed by atoms with E-state index in [4.69, 9.17) is 9.47 Å². The number of nitrogens with zero attached hydrogens (tertiary/aromatic N) is 1. The molecule has 0 aromatic heterocycles. The average molecular weight is 395 g/mol. The number of hydrogen-bond donors (Lipinski definition) is 1. The van der Waals surface area contributed by atoms with Crippen LogP contribution < -0.4 is 9.47 Å². The zero-order valence-corrected chi connectivity index (χ0v) is 17.1. The third-order valence-corrected chi connectivity index (χ3v) is 6.69. The van der Waals surface area contributed by atoms with Gasteiger partial charge in [0.2, 0.25) is 5.91 Å². The highest BCUT2D eigenvalue weighted by Crippen LogP contribution is 2.51. The van der Waals surface area contributed by atoms with Gasteiger partial charge in [-0.2, -0.15) is 0 Å². The lowest BCUT2D eigenvalue weighted by molar-refractivity contribution is -0.132. The first-order chi connectivity index (χ1) is 14.1. The molecule has 4 rings (SSSR count). The van der Waals surface area contributed by atoms with E-state index in [9.17, 15) is 9.90 Å². The molecule has 0 unspecified atom stereocenters. The summed E-state index contributed by atoms with van der Waals surface area (Å²) in [6, 6.07) is 16.2. The van der Waals surface area contributed by atoms with Crippen molar-refractivity contribution in [2.45, 2.75) is 44.2 Å². The quantitative estimate of drug-likeness (QED) is 0.782. The molecule has 0 radical (unpaired) electrons. The van der Waals surface area contributed by atoms with E-state index in [1.807, 2.05) is 36.4 Å². The SMILES string of the molecule is COc1ccc(CC(=O)N2[C@H]3CC[C@@H]2[C@@](CO)(Cc2ccccc2)C3)c(OC)c1. The van der Waals surface area contributed by atoms with Gasteiger partial charge in [0.25, 0.3) is 0 Å². The molecule has 3 atom stereocenters. The molecule has 0 saturated carbocycles. The molecule has 2 aromatic rings. The zero-order chi connectivity index (χ0) is 20.4. The van der Waals surface area contributed by atoms with Gasteiger partial charge < -0.3 is 19.5 Å². The van der Waals surface area contributed by atoms with Gasteiger partial charge in [0, 0.05) is 29.1 Å². The lowest BCUT2D eigenvalue weighted by Crippen LogP contribution is -2.44. The van der Waals surface area contributed by atoms with E-state index in [-0.39, 0.29) is 30.0 Å². The summed E-state index contributed by atoms with van der Waals surface area (Å²) in [4.78, 5) is 15.4. The molecule has 2 saturated heterocycles. The summed E-state index contributed by atoms with van der Waals surface area (Å²) in [5, 5.41) is 10.4. The topological polar surface area (TPSA) is 59.0 Å². The fourth-order valence-corrected chi connectivity index (χ4v) is 5.34. The maximum Gasteiger partial charge on any atom is 0.227 e. The minimum Gasteiger partial charge on any atom is -0.497 e. The van der Waals surface area contributed by atoms with Crippen LogP contribution in [-0.2, 0) is 17.6 Å². The van der Waals surface area contributed by atoms with E-state index in [2.05, 4.69) is 17.0 Å². The molecule has 2 aliphatic heterocycles. The fraction of sp³-hybridized carbons (Fsp3) is 0.458. The molecule has 2 aromatic carbocycles. The summed E-state index contributed by atoms with van der Waals surface area (Å²) in [5.41, 5.74) is 1.84. The van der Waals surface area contributed by atoms with Crippen molar-refractivity contribution >= 4 is 5.91 Å². The lowest BCUT2D eigenvalue weighted by Gasteiger charge is -2.36. The summed E-state index contributed by atoms with van der Waals surface area (Å²) in [6.45, 7) is 0.110. The van der Waals surface area contributed by atoms with Gasteiger partial charge in [-0.05, 0) is 37.3 Å². The molecule has 2 aliphatic rings. The van der Waals surface area contributed by atoms with E-state index in [1.54, 1.807) is 14.2 Å². The number of fused-ring (bicyclic) bond motifs is 2. The van der Waals surface area contributed by atoms with Gasteiger partial charge in [0.1, 0.15) is 11.5 Å². The Bertz CT molecular complexity index is 868. The number of methoxy groups -OCH3 is 2. The highest BCUT2D eigenvalue weighted by atomic mass is 16.5. The van der Waals surface area contributed by atoms with Gasteiger partial charge in [-0.3, -0.25) is 4.79 Å². The normalized spacial score (nSPS) is 25.3. The van der Waals surface area contributed by atoms with Crippen molar-refractivity contribution in [2.75, 3.05) is 20.8 Å². The van der Waals surface area contributed by atoms with Gasteiger partial charge in [0.05, 0.1) is 27.2 Å². The van der Waals surface area contributed by atoms with Crippen LogP contribution in [0.1, 0.15) is 30.4 Å². The molecule has 29 heavy (non-hydrogen) atoms. The van der Waals surface area contributed by atoms with Crippen molar-refractivity contribution in [1.29, 1.82) is 0 Å². The number of amides is 1. The fourth-order valence-electron chi connectivity index (χ4n) is 5.34. The number of hydrogen-bond acceptors (Lipinski definition) is 4. The van der Waals surface area contributed by atoms with E-state index >= 15 is 0 Å². The number of benzene rings is 2. The minimum atomic E-state index is -0.246. The summed E-state index contributed by atoms with van der Waals surface area (Å²) >= 11 is 0. The number of carbonyl (C=O) groups is 1. The molecule has 5 nitrogen and oxygen atoms in total. The van der Waals surface area contributed by atoms with Gasteiger partial charge in [-0.1, -0.05) is 36.4 Å². The van der Waals surface area contributed by atoms with Crippen molar-refractivity contribution in [2.24, 2.45) is 5.41 Å². The van der Waals surface area contributed by atoms with Crippen molar-refractivity contribution in [1.82, 2.24) is 4.90 Å². The van der Waals surface area contributed by atoms with Gasteiger partial charge in [0.15, 0.2) is 0 Å². The first-order valence-corrected chi connectivity index (χ1v) is 10.3. The maximum atomic E-state index is 13.3. The first-order valence-electron chi connectivity index (χ1n) is 10.3. The Balaban J connectivity index is 1.54. The Kier molecular flexibility index (Phi) is 5.50. The third-order valence-electron chi connectivity index (χ3n) is 6.69. The van der Waals surface area contributed by atoms with Crippen LogP contribution >= 0.6 is 0 Å². The molecule has 1 N–H and O–H groups in total. The monoisotopic (exact) mass is 395 g/mol. The number of ether oxygens (including phenoxy) is 2. The molecule has 2 heterocycles. The molecule has 154 valence electrons. The molecule has 1 amide bonds. The molecule has 0 aliphatic carbocycles. The molecular weight excluding hydrogens is 366 g/mol. The largest absolute Gasteiger partial charge is 0.497 e. The number of aliphatic hydroxyl groups excluding tert-OH is 1. The number of carbonyl (C=O) groups excluding carboxylic acids is 1. The van der Waals surface area contributed by atoms with E-state index in [0.717, 1.165) is 31.2 Å². The Labute approximate surface area is 172 Å². The molecule has 0 spiro atoms. The average Bonchev–Trinajstić information content (AvgIpc) is 3.31. The second-order valence-corrected chi connectivity index (χ2v) is 8.29. The minimum absolute atomic E-state index is 0.0921. The van der Waals surface area contributed by atoms with Crippen molar-refractivity contribution < 1.29 is 19.4 Å². The third kappa shape index (κ3) is 3.60. The predicted octanol–water partition coefficient (Wildman–Crippen LogP) is 3.23. The van der Waals surface area contributed by atoms with Crippen LogP contribution in [0.4, 0.5) is 0 Å². The van der Waals surface area contributed by atoms with Crippen molar-refractivity contribution in [3.8, 4) is 11.5 Å². The van der Waals surface area contributed by atoms with Crippen LogP contribution in [0.15, 0.2) is 48.5 Å². The van der Waals surface area contributed by atoms with Crippen LogP contribution in [0.2, 0.25) is 0 Å². The van der Waals surface area contributed by atoms with E-state index < -0.39 is 0 Å². The standard InChI is InChI=1S/C24H29NO4/c1-28-20-10-8-18(21(13-20)29-2)12-23(27)25-19-9-11-22(25)24(15-19,16-26)14-17-6-4-3-5-7-17/h3-8,10,13,19,22,26H,9,11-12,14-16H2,1-2H3/t19-,22+,24-/m0/s1. The van der Waals surface area contributed by atoms with E-state index in [0.29, 0.717) is 17.9 Å². The van der Waals surface area contributed by atoms with Crippen LogP contribution in [-0.4, -0.2) is 48.8 Å². The van der Waals surface area contributed by atoms with Crippen LogP contribution in [0.3, 0.4) is 0 Å². The first kappa shape index (κ1) is 19.8. The Morgan fingerprint density at radius 1 is 1.14 bits per heavy atom. The summed E-state index contributed by atoms with van der Waals surface area (Å²) in [6.07, 6.45) is 3.96. The second kappa shape index (κ2) is 8.07. The van der Waals surface area contributed by atoms with Gasteiger partial charge >= 0.3 is 0 Å². The van der Waals surface area contributed by atoms with Crippen molar-refractivity contribution in [3.05, 3.63) is 59.7 Å². The summed E-state index contributed by atoms with van der Waals surface area (Å²) in [5.74, 6) is 1.49. The Morgan fingerprint density at radius 3 is 2.62 bits per heavy atom. The maximum absolute atomic E-state index is 13.3. The molecule has 2 fully saturated rings. The lowest BCUT2D eigenvalue weighted by atomic mass is 9.70. The van der Waals surface area contributed by atoms with E-state index in [1.165, 1.54) is 5.56 Å². The second-order valence-electron chi connectivity index (χ2n) is 8.29. The summed E-state index contributed by atoms with van der Waals surface area (Å²) in [7, 11) is 3.22. The highest BCUT2D eigenvalue weighted by molar-refractivity contribution is 5.81. The zero-order valence-electron chi connectivity index (χ0n) is 17.1. The molecule has 2 bridgehead atoms. The van der Waals surface area contributed by atoms with Gasteiger partial charge in [-0.15, -0.1) is 0 Å². The number of aliphatic hydroxyl groups is 1. The molecular formula is C24H29NO4. The smallest absolute Gasteiger partial charge is 0.227 e. The Morgan fingerprint density at radius 2 is 1.93 bits per heavy atom. The van der Waals surface area contributed by atoms with Crippen molar-refractivity contribution in [3.63, 3.8) is 0 Å². The number of rotatable bonds is 7. The highest BCUT2D eigenvalue weighted by Gasteiger charge is 2.56. The van der Waals surface area contributed by atoms with Crippen LogP contribution in [0.5, 0.6) is 11.5 Å².